The third-order valence-electron chi connectivity index (χ3n) is 4.02. The Morgan fingerprint density at radius 3 is 2.54 bits per heavy atom. The maximum Gasteiger partial charge on any atom is 0.319 e. The number of rotatable bonds is 3. The van der Waals surface area contributed by atoms with Gasteiger partial charge in [-0.3, -0.25) is 9.78 Å². The van der Waals surface area contributed by atoms with E-state index in [0.717, 1.165) is 0 Å². The molecule has 2 aromatic heterocycles. The Kier molecular flexibility index (Phi) is 5.26. The largest absolute Gasteiger partial charge is 0.352 e. The molecule has 1 saturated heterocycles. The molecule has 0 saturated carbocycles. The van der Waals surface area contributed by atoms with Gasteiger partial charge in [-0.15, -0.1) is 0 Å². The van der Waals surface area contributed by atoms with Crippen molar-refractivity contribution >= 4 is 23.6 Å². The van der Waals surface area contributed by atoms with E-state index in [4.69, 9.17) is 0 Å². The number of pyridine rings is 1. The fraction of sp³-hybridized carbons (Fsp3) is 0.353. The van der Waals surface area contributed by atoms with E-state index < -0.39 is 0 Å². The van der Waals surface area contributed by atoms with Crippen molar-refractivity contribution in [3.8, 4) is 0 Å². The molecule has 0 spiro atoms. The Morgan fingerprint density at radius 1 is 1.12 bits per heavy atom. The first kappa shape index (κ1) is 17.6. The second-order valence-electron chi connectivity index (χ2n) is 6.08. The molecule has 1 aliphatic rings. The summed E-state index contributed by atoms with van der Waals surface area (Å²) < 4.78 is 0. The summed E-state index contributed by atoms with van der Waals surface area (Å²) >= 11 is 0. The highest BCUT2D eigenvalue weighted by atomic mass is 16.2. The van der Waals surface area contributed by atoms with E-state index in [1.165, 1.54) is 6.20 Å². The smallest absolute Gasteiger partial charge is 0.319 e. The van der Waals surface area contributed by atoms with Crippen molar-refractivity contribution in [1.82, 2.24) is 24.8 Å². The molecule has 2 aromatic rings. The number of hydrogen-bond donors (Lipinski definition) is 1. The molecule has 3 amide bonds. The molecular weight excluding hydrogens is 334 g/mol. The van der Waals surface area contributed by atoms with Crippen LogP contribution in [0.1, 0.15) is 10.5 Å². The summed E-state index contributed by atoms with van der Waals surface area (Å²) in [5.41, 5.74) is 0.222. The predicted octanol–water partition coefficient (Wildman–Crippen LogP) is 0.927. The van der Waals surface area contributed by atoms with Crippen LogP contribution in [-0.2, 0) is 0 Å². The molecule has 0 atom stereocenters. The Balaban J connectivity index is 1.65. The fourth-order valence-electron chi connectivity index (χ4n) is 2.64. The molecule has 26 heavy (non-hydrogen) atoms. The fourth-order valence-corrected chi connectivity index (χ4v) is 2.64. The van der Waals surface area contributed by atoms with Crippen molar-refractivity contribution in [2.75, 3.05) is 50.5 Å². The third-order valence-corrected chi connectivity index (χ3v) is 4.02. The van der Waals surface area contributed by atoms with Crippen LogP contribution in [0.5, 0.6) is 0 Å². The molecule has 0 bridgehead atoms. The van der Waals surface area contributed by atoms with Crippen LogP contribution in [0.2, 0.25) is 0 Å². The van der Waals surface area contributed by atoms with Gasteiger partial charge in [-0.25, -0.2) is 14.8 Å². The van der Waals surface area contributed by atoms with Crippen LogP contribution < -0.4 is 10.2 Å². The van der Waals surface area contributed by atoms with Crippen LogP contribution in [0, 0.1) is 0 Å². The zero-order valence-electron chi connectivity index (χ0n) is 14.8. The normalized spacial score (nSPS) is 14.1. The maximum atomic E-state index is 12.3. The van der Waals surface area contributed by atoms with E-state index in [1.807, 2.05) is 4.90 Å². The number of carbonyl (C=O) groups is 2. The van der Waals surface area contributed by atoms with Gasteiger partial charge in [-0.1, -0.05) is 6.07 Å². The summed E-state index contributed by atoms with van der Waals surface area (Å²) in [4.78, 5) is 42.3. The Bertz CT molecular complexity index is 774. The number of piperazine rings is 1. The molecule has 0 radical (unpaired) electrons. The van der Waals surface area contributed by atoms with Crippen LogP contribution in [0.3, 0.4) is 0 Å². The lowest BCUT2D eigenvalue weighted by Crippen LogP contribution is -2.51. The molecule has 0 aromatic carbocycles. The summed E-state index contributed by atoms with van der Waals surface area (Å²) in [6.07, 6.45) is 4.65. The minimum atomic E-state index is -0.362. The van der Waals surface area contributed by atoms with Crippen LogP contribution in [0.25, 0.3) is 0 Å². The van der Waals surface area contributed by atoms with Gasteiger partial charge in [-0.05, 0) is 12.1 Å². The standard InChI is InChI=1S/C17H21N7O2/c1-22(2)17(26)24-9-7-23(8-10-24)15-12-18-11-13(20-15)16(25)21-14-5-3-4-6-19-14/h3-6,11-12H,7-10H2,1-2H3,(H,19,21,25). The van der Waals surface area contributed by atoms with E-state index in [1.54, 1.807) is 54.5 Å². The highest BCUT2D eigenvalue weighted by Crippen LogP contribution is 2.14. The van der Waals surface area contributed by atoms with Crippen LogP contribution in [-0.4, -0.2) is 77.0 Å². The van der Waals surface area contributed by atoms with Crippen LogP contribution >= 0.6 is 0 Å². The second kappa shape index (κ2) is 7.77. The van der Waals surface area contributed by atoms with E-state index in [-0.39, 0.29) is 17.6 Å². The van der Waals surface area contributed by atoms with Gasteiger partial charge in [0.1, 0.15) is 17.3 Å². The molecule has 1 aliphatic heterocycles. The first-order valence-electron chi connectivity index (χ1n) is 8.30. The lowest BCUT2D eigenvalue weighted by atomic mass is 10.3. The average molecular weight is 355 g/mol. The van der Waals surface area contributed by atoms with E-state index in [0.29, 0.717) is 37.8 Å². The van der Waals surface area contributed by atoms with Crippen LogP contribution in [0.4, 0.5) is 16.4 Å². The predicted molar refractivity (Wildman–Crippen MR) is 97.1 cm³/mol. The average Bonchev–Trinajstić information content (AvgIpc) is 2.68. The van der Waals surface area contributed by atoms with E-state index in [9.17, 15) is 9.59 Å². The van der Waals surface area contributed by atoms with Gasteiger partial charge in [-0.2, -0.15) is 0 Å². The Labute approximate surface area is 151 Å². The zero-order chi connectivity index (χ0) is 18.5. The van der Waals surface area contributed by atoms with Gasteiger partial charge in [0, 0.05) is 46.5 Å². The first-order chi connectivity index (χ1) is 12.5. The number of amides is 3. The number of nitrogens with one attached hydrogen (secondary N) is 1. The number of urea groups is 1. The summed E-state index contributed by atoms with van der Waals surface area (Å²) in [7, 11) is 3.48. The molecule has 3 heterocycles. The van der Waals surface area contributed by atoms with Crippen molar-refractivity contribution < 1.29 is 9.59 Å². The van der Waals surface area contributed by atoms with E-state index >= 15 is 0 Å². The second-order valence-corrected chi connectivity index (χ2v) is 6.08. The Morgan fingerprint density at radius 2 is 1.88 bits per heavy atom. The van der Waals surface area contributed by atoms with Gasteiger partial charge >= 0.3 is 6.03 Å². The number of nitrogens with zero attached hydrogens (tertiary/aromatic N) is 6. The summed E-state index contributed by atoms with van der Waals surface area (Å²) in [6.45, 7) is 2.48. The SMILES string of the molecule is CN(C)C(=O)N1CCN(c2cncc(C(=O)Nc3ccccn3)n2)CC1. The van der Waals surface area contributed by atoms with Crippen LogP contribution in [0.15, 0.2) is 36.8 Å². The number of aromatic nitrogens is 3. The van der Waals surface area contributed by atoms with Gasteiger partial charge < -0.3 is 20.0 Å². The topological polar surface area (TPSA) is 94.6 Å². The Hall–Kier alpha value is -3.23. The van der Waals surface area contributed by atoms with Crippen molar-refractivity contribution in [2.45, 2.75) is 0 Å². The molecule has 9 nitrogen and oxygen atoms in total. The van der Waals surface area contributed by atoms with Gasteiger partial charge in [0.05, 0.1) is 12.4 Å². The summed E-state index contributed by atoms with van der Waals surface area (Å²) in [6, 6.07) is 5.27. The van der Waals surface area contributed by atoms with Crippen molar-refractivity contribution in [1.29, 1.82) is 0 Å². The molecule has 3 rings (SSSR count). The molecule has 0 unspecified atom stereocenters. The summed E-state index contributed by atoms with van der Waals surface area (Å²) in [5, 5.41) is 2.69. The molecule has 136 valence electrons. The quantitative estimate of drug-likeness (QED) is 0.880. The minimum absolute atomic E-state index is 0.000719. The monoisotopic (exact) mass is 355 g/mol. The molecule has 9 heteroatoms. The summed E-state index contributed by atoms with van der Waals surface area (Å²) in [5.74, 6) is 0.718. The zero-order valence-corrected chi connectivity index (χ0v) is 14.8. The third kappa shape index (κ3) is 4.05. The van der Waals surface area contributed by atoms with E-state index in [2.05, 4.69) is 20.3 Å². The number of anilines is 2. The van der Waals surface area contributed by atoms with Crippen molar-refractivity contribution in [3.63, 3.8) is 0 Å². The molecule has 1 fully saturated rings. The maximum absolute atomic E-state index is 12.3. The lowest BCUT2D eigenvalue weighted by Gasteiger charge is -2.36. The minimum Gasteiger partial charge on any atom is -0.352 e. The number of carbonyl (C=O) groups excluding carboxylic acids is 2. The van der Waals surface area contributed by atoms with Gasteiger partial charge in [0.2, 0.25) is 0 Å². The van der Waals surface area contributed by atoms with Crippen molar-refractivity contribution in [2.24, 2.45) is 0 Å². The molecule has 0 aliphatic carbocycles. The highest BCUT2D eigenvalue weighted by molar-refractivity contribution is 6.02. The van der Waals surface area contributed by atoms with Gasteiger partial charge in [0.15, 0.2) is 0 Å². The molecular formula is C17H21N7O2. The molecule has 1 N–H and O–H groups in total. The lowest BCUT2D eigenvalue weighted by molar-refractivity contribution is 0.102. The van der Waals surface area contributed by atoms with Gasteiger partial charge in [0.25, 0.3) is 5.91 Å². The van der Waals surface area contributed by atoms with Crippen molar-refractivity contribution in [3.05, 3.63) is 42.5 Å². The highest BCUT2D eigenvalue weighted by Gasteiger charge is 2.23. The number of hydrogen-bond acceptors (Lipinski definition) is 6. The first-order valence-corrected chi connectivity index (χ1v) is 8.30.